The molecule has 10 heteroatoms. The summed E-state index contributed by atoms with van der Waals surface area (Å²) in [6, 6.07) is 4.35. The van der Waals surface area contributed by atoms with Crippen molar-refractivity contribution in [1.82, 2.24) is 20.0 Å². The van der Waals surface area contributed by atoms with Gasteiger partial charge < -0.3 is 10.0 Å². The zero-order chi connectivity index (χ0) is 23.1. The molecule has 1 unspecified atom stereocenters. The zero-order valence-electron chi connectivity index (χ0n) is 18.5. The fourth-order valence-corrected chi connectivity index (χ4v) is 5.13. The van der Waals surface area contributed by atoms with E-state index in [0.29, 0.717) is 11.1 Å². The SMILES string of the molecule is O=C1CCC(N2C(=O)c3ccc(N4CCN(CCCN5CC(O)C5)CC4)cc3C2=O)C(=O)N1. The Morgan fingerprint density at radius 2 is 1.61 bits per heavy atom. The van der Waals surface area contributed by atoms with E-state index in [-0.39, 0.29) is 24.9 Å². The molecule has 2 N–H and O–H groups in total. The number of likely N-dealkylation sites (tertiary alicyclic amines) is 1. The largest absolute Gasteiger partial charge is 0.390 e. The van der Waals surface area contributed by atoms with Crippen LogP contribution in [0.25, 0.3) is 0 Å². The monoisotopic (exact) mass is 455 g/mol. The Morgan fingerprint density at radius 1 is 0.909 bits per heavy atom. The second kappa shape index (κ2) is 8.85. The lowest BCUT2D eigenvalue weighted by Gasteiger charge is -2.38. The van der Waals surface area contributed by atoms with Crippen molar-refractivity contribution in [3.05, 3.63) is 29.3 Å². The van der Waals surface area contributed by atoms with Gasteiger partial charge in [-0.25, -0.2) is 0 Å². The highest BCUT2D eigenvalue weighted by Gasteiger charge is 2.44. The number of β-amino-alcohol motifs (C(OH)–C–C–N with tert-alkyl or cyclic N) is 1. The van der Waals surface area contributed by atoms with Crippen LogP contribution in [0.4, 0.5) is 5.69 Å². The molecule has 4 aliphatic rings. The minimum atomic E-state index is -0.943. The first-order valence-corrected chi connectivity index (χ1v) is 11.6. The number of piperidine rings is 1. The van der Waals surface area contributed by atoms with Gasteiger partial charge in [-0.1, -0.05) is 0 Å². The molecule has 4 heterocycles. The van der Waals surface area contributed by atoms with E-state index < -0.39 is 23.8 Å². The second-order valence-electron chi connectivity index (χ2n) is 9.27. The Bertz CT molecular complexity index is 983. The van der Waals surface area contributed by atoms with E-state index >= 15 is 0 Å². The lowest BCUT2D eigenvalue weighted by molar-refractivity contribution is -0.136. The summed E-state index contributed by atoms with van der Waals surface area (Å²) >= 11 is 0. The van der Waals surface area contributed by atoms with Crippen molar-refractivity contribution in [1.29, 1.82) is 0 Å². The number of fused-ring (bicyclic) bond motifs is 1. The molecule has 1 aromatic rings. The molecule has 0 radical (unpaired) electrons. The van der Waals surface area contributed by atoms with Crippen LogP contribution < -0.4 is 10.2 Å². The topological polar surface area (TPSA) is 114 Å². The van der Waals surface area contributed by atoms with Crippen LogP contribution in [0, 0.1) is 0 Å². The van der Waals surface area contributed by atoms with Crippen molar-refractivity contribution >= 4 is 29.3 Å². The first-order valence-electron chi connectivity index (χ1n) is 11.6. The molecule has 0 spiro atoms. The quantitative estimate of drug-likeness (QED) is 0.540. The standard InChI is InChI=1S/C23H29N5O5/c29-16-13-26(14-16)7-1-6-25-8-10-27(11-9-25)15-2-3-17-18(12-15)23(33)28(22(17)32)19-4-5-20(30)24-21(19)31/h2-3,12,16,19,29H,1,4-11,13-14H2,(H,24,30,31). The van der Waals surface area contributed by atoms with Crippen LogP contribution in [0.3, 0.4) is 0 Å². The third-order valence-electron chi connectivity index (χ3n) is 7.05. The first-order chi connectivity index (χ1) is 15.9. The van der Waals surface area contributed by atoms with Crippen LogP contribution in [-0.4, -0.2) is 108 Å². The number of benzene rings is 1. The maximum Gasteiger partial charge on any atom is 0.262 e. The number of anilines is 1. The van der Waals surface area contributed by atoms with Crippen LogP contribution in [0.15, 0.2) is 18.2 Å². The minimum Gasteiger partial charge on any atom is -0.390 e. The van der Waals surface area contributed by atoms with Crippen LogP contribution in [-0.2, 0) is 9.59 Å². The predicted molar refractivity (Wildman–Crippen MR) is 119 cm³/mol. The molecular weight excluding hydrogens is 426 g/mol. The van der Waals surface area contributed by atoms with Gasteiger partial charge in [-0.3, -0.25) is 39.2 Å². The molecule has 33 heavy (non-hydrogen) atoms. The number of carbonyl (C=O) groups excluding carboxylic acids is 4. The van der Waals surface area contributed by atoms with E-state index in [1.807, 2.05) is 6.07 Å². The Kier molecular flexibility index (Phi) is 5.90. The summed E-state index contributed by atoms with van der Waals surface area (Å²) < 4.78 is 0. The average molecular weight is 456 g/mol. The van der Waals surface area contributed by atoms with Crippen LogP contribution in [0.2, 0.25) is 0 Å². The molecule has 1 aromatic carbocycles. The van der Waals surface area contributed by atoms with Crippen molar-refractivity contribution in [2.24, 2.45) is 0 Å². The normalized spacial score (nSPS) is 24.8. The summed E-state index contributed by atoms with van der Waals surface area (Å²) in [4.78, 5) is 57.5. The zero-order valence-corrected chi connectivity index (χ0v) is 18.5. The number of amides is 4. The molecule has 10 nitrogen and oxygen atoms in total. The molecule has 4 aliphatic heterocycles. The number of hydrogen-bond donors (Lipinski definition) is 2. The Hall–Kier alpha value is -2.82. The van der Waals surface area contributed by atoms with Gasteiger partial charge in [-0.2, -0.15) is 0 Å². The number of aliphatic hydroxyl groups is 1. The van der Waals surface area contributed by atoms with Gasteiger partial charge in [0, 0.05) is 51.4 Å². The molecule has 176 valence electrons. The van der Waals surface area contributed by atoms with E-state index in [1.165, 1.54) is 0 Å². The molecule has 0 bridgehead atoms. The molecular formula is C23H29N5O5. The average Bonchev–Trinajstić information content (AvgIpc) is 3.03. The van der Waals surface area contributed by atoms with Crippen molar-refractivity contribution < 1.29 is 24.3 Å². The van der Waals surface area contributed by atoms with E-state index in [9.17, 15) is 24.3 Å². The smallest absolute Gasteiger partial charge is 0.262 e. The highest BCUT2D eigenvalue weighted by Crippen LogP contribution is 2.31. The molecule has 5 rings (SSSR count). The lowest BCUT2D eigenvalue weighted by Crippen LogP contribution is -2.54. The van der Waals surface area contributed by atoms with E-state index in [1.54, 1.807) is 12.1 Å². The number of nitrogens with zero attached hydrogens (tertiary/aromatic N) is 4. The minimum absolute atomic E-state index is 0.110. The predicted octanol–water partition coefficient (Wildman–Crippen LogP) is -0.724. The van der Waals surface area contributed by atoms with Crippen molar-refractivity contribution in [2.75, 3.05) is 57.3 Å². The number of carbonyl (C=O) groups is 4. The number of piperazine rings is 1. The molecule has 0 aromatic heterocycles. The third-order valence-corrected chi connectivity index (χ3v) is 7.05. The van der Waals surface area contributed by atoms with Gasteiger partial charge in [0.15, 0.2) is 0 Å². The summed E-state index contributed by atoms with van der Waals surface area (Å²) in [7, 11) is 0. The van der Waals surface area contributed by atoms with Crippen molar-refractivity contribution in [3.8, 4) is 0 Å². The summed E-state index contributed by atoms with van der Waals surface area (Å²) in [5, 5.41) is 11.6. The summed E-state index contributed by atoms with van der Waals surface area (Å²) in [5.41, 5.74) is 1.53. The molecule has 0 aliphatic carbocycles. The Balaban J connectivity index is 1.18. The van der Waals surface area contributed by atoms with Gasteiger partial charge in [-0.15, -0.1) is 0 Å². The van der Waals surface area contributed by atoms with E-state index in [0.717, 1.165) is 69.4 Å². The molecule has 3 fully saturated rings. The van der Waals surface area contributed by atoms with Crippen molar-refractivity contribution in [3.63, 3.8) is 0 Å². The molecule has 4 amide bonds. The van der Waals surface area contributed by atoms with Gasteiger partial charge >= 0.3 is 0 Å². The Labute approximate surface area is 192 Å². The van der Waals surface area contributed by atoms with E-state index in [4.69, 9.17) is 0 Å². The van der Waals surface area contributed by atoms with Gasteiger partial charge in [0.1, 0.15) is 6.04 Å². The molecule has 1 atom stereocenters. The Morgan fingerprint density at radius 3 is 2.30 bits per heavy atom. The number of hydrogen-bond acceptors (Lipinski definition) is 8. The number of imide groups is 2. The number of nitrogens with one attached hydrogen (secondary N) is 1. The van der Waals surface area contributed by atoms with Gasteiger partial charge in [-0.05, 0) is 44.1 Å². The first kappa shape index (κ1) is 22.0. The third kappa shape index (κ3) is 4.25. The van der Waals surface area contributed by atoms with Crippen LogP contribution in [0.5, 0.6) is 0 Å². The lowest BCUT2D eigenvalue weighted by atomic mass is 10.0. The van der Waals surface area contributed by atoms with Gasteiger partial charge in [0.05, 0.1) is 17.2 Å². The van der Waals surface area contributed by atoms with Crippen molar-refractivity contribution in [2.45, 2.75) is 31.4 Å². The molecule has 3 saturated heterocycles. The molecule has 0 saturated carbocycles. The maximum atomic E-state index is 13.0. The van der Waals surface area contributed by atoms with Gasteiger partial charge in [0.2, 0.25) is 11.8 Å². The highest BCUT2D eigenvalue weighted by atomic mass is 16.3. The summed E-state index contributed by atoms with van der Waals surface area (Å²) in [6.45, 7) is 7.13. The van der Waals surface area contributed by atoms with Crippen LogP contribution in [0.1, 0.15) is 40.0 Å². The number of aliphatic hydroxyl groups excluding tert-OH is 1. The van der Waals surface area contributed by atoms with Crippen LogP contribution >= 0.6 is 0 Å². The van der Waals surface area contributed by atoms with Gasteiger partial charge in [0.25, 0.3) is 11.8 Å². The second-order valence-corrected chi connectivity index (χ2v) is 9.27. The fraction of sp³-hybridized carbons (Fsp3) is 0.565. The summed E-state index contributed by atoms with van der Waals surface area (Å²) in [6.07, 6.45) is 1.19. The highest BCUT2D eigenvalue weighted by molar-refractivity contribution is 6.23. The summed E-state index contributed by atoms with van der Waals surface area (Å²) in [5.74, 6) is -1.92. The maximum absolute atomic E-state index is 13.0. The number of rotatable bonds is 6. The van der Waals surface area contributed by atoms with E-state index in [2.05, 4.69) is 20.0 Å². The fourth-order valence-electron chi connectivity index (χ4n) is 5.13.